The van der Waals surface area contributed by atoms with Gasteiger partial charge in [-0.15, -0.1) is 0 Å². The summed E-state index contributed by atoms with van der Waals surface area (Å²) < 4.78 is 0. The highest BCUT2D eigenvalue weighted by atomic mass is 14.9. The van der Waals surface area contributed by atoms with E-state index < -0.39 is 0 Å². The molecule has 1 atom stereocenters. The van der Waals surface area contributed by atoms with E-state index in [1.807, 2.05) is 24.3 Å². The van der Waals surface area contributed by atoms with Crippen molar-refractivity contribution in [3.05, 3.63) is 35.4 Å². The maximum absolute atomic E-state index is 8.78. The lowest BCUT2D eigenvalue weighted by Gasteiger charge is -2.26. The minimum Gasteiger partial charge on any atom is -0.310 e. The topological polar surface area (TPSA) is 35.8 Å². The molecule has 1 fully saturated rings. The SMILES string of the molecule is CC(NCC1(C)CCCC1)c1ccc(C#N)cc1. The van der Waals surface area contributed by atoms with Crippen LogP contribution in [0.25, 0.3) is 0 Å². The van der Waals surface area contributed by atoms with Crippen LogP contribution in [0.15, 0.2) is 24.3 Å². The second-order valence-electron chi connectivity index (χ2n) is 5.85. The van der Waals surface area contributed by atoms with E-state index in [0.717, 1.165) is 12.1 Å². The molecule has 0 heterocycles. The summed E-state index contributed by atoms with van der Waals surface area (Å²) >= 11 is 0. The predicted molar refractivity (Wildman–Crippen MR) is 74.1 cm³/mol. The van der Waals surface area contributed by atoms with Crippen LogP contribution in [0.4, 0.5) is 0 Å². The first kappa shape index (κ1) is 13.1. The highest BCUT2D eigenvalue weighted by Gasteiger charge is 2.28. The van der Waals surface area contributed by atoms with Gasteiger partial charge < -0.3 is 5.32 Å². The lowest BCUT2D eigenvalue weighted by atomic mass is 9.88. The third-order valence-electron chi connectivity index (χ3n) is 4.19. The van der Waals surface area contributed by atoms with E-state index in [4.69, 9.17) is 5.26 Å². The summed E-state index contributed by atoms with van der Waals surface area (Å²) in [4.78, 5) is 0. The summed E-state index contributed by atoms with van der Waals surface area (Å²) in [5.41, 5.74) is 2.48. The van der Waals surface area contributed by atoms with Gasteiger partial charge in [0, 0.05) is 12.6 Å². The molecule has 0 saturated heterocycles. The molecule has 0 aliphatic heterocycles. The van der Waals surface area contributed by atoms with Gasteiger partial charge in [-0.1, -0.05) is 31.9 Å². The van der Waals surface area contributed by atoms with Gasteiger partial charge in [0.2, 0.25) is 0 Å². The fourth-order valence-corrected chi connectivity index (χ4v) is 2.77. The smallest absolute Gasteiger partial charge is 0.0991 e. The molecule has 2 nitrogen and oxygen atoms in total. The molecule has 1 aliphatic carbocycles. The van der Waals surface area contributed by atoms with Gasteiger partial charge in [0.1, 0.15) is 0 Å². The van der Waals surface area contributed by atoms with Crippen LogP contribution in [0, 0.1) is 16.7 Å². The number of benzene rings is 1. The molecule has 0 aromatic heterocycles. The van der Waals surface area contributed by atoms with Gasteiger partial charge in [-0.25, -0.2) is 0 Å². The van der Waals surface area contributed by atoms with Gasteiger partial charge in [0.05, 0.1) is 11.6 Å². The summed E-state index contributed by atoms with van der Waals surface area (Å²) in [6, 6.07) is 10.4. The maximum Gasteiger partial charge on any atom is 0.0991 e. The van der Waals surface area contributed by atoms with E-state index in [0.29, 0.717) is 11.5 Å². The molecule has 1 aromatic carbocycles. The maximum atomic E-state index is 8.78. The molecule has 0 spiro atoms. The van der Waals surface area contributed by atoms with Crippen molar-refractivity contribution in [1.82, 2.24) is 5.32 Å². The average molecular weight is 242 g/mol. The largest absolute Gasteiger partial charge is 0.310 e. The minimum atomic E-state index is 0.357. The fraction of sp³-hybridized carbons (Fsp3) is 0.562. The van der Waals surface area contributed by atoms with Crippen LogP contribution in [0.1, 0.15) is 56.7 Å². The molecule has 0 bridgehead atoms. The molecule has 1 saturated carbocycles. The van der Waals surface area contributed by atoms with E-state index in [1.54, 1.807) is 0 Å². The molecular formula is C16H22N2. The van der Waals surface area contributed by atoms with E-state index >= 15 is 0 Å². The Morgan fingerprint density at radius 2 is 1.89 bits per heavy atom. The van der Waals surface area contributed by atoms with E-state index in [9.17, 15) is 0 Å². The van der Waals surface area contributed by atoms with Crippen molar-refractivity contribution >= 4 is 0 Å². The van der Waals surface area contributed by atoms with Crippen LogP contribution >= 0.6 is 0 Å². The molecule has 2 rings (SSSR count). The standard InChI is InChI=1S/C16H22N2/c1-13(15-7-5-14(11-17)6-8-15)18-12-16(2)9-3-4-10-16/h5-8,13,18H,3-4,9-10,12H2,1-2H3. The summed E-state index contributed by atoms with van der Waals surface area (Å²) in [6.07, 6.45) is 5.45. The number of nitrogens with one attached hydrogen (secondary N) is 1. The van der Waals surface area contributed by atoms with E-state index in [1.165, 1.54) is 31.2 Å². The molecule has 2 heteroatoms. The van der Waals surface area contributed by atoms with Crippen molar-refractivity contribution in [3.8, 4) is 6.07 Å². The lowest BCUT2D eigenvalue weighted by Crippen LogP contribution is -2.31. The molecule has 96 valence electrons. The molecule has 1 N–H and O–H groups in total. The molecular weight excluding hydrogens is 220 g/mol. The van der Waals surface area contributed by atoms with Gasteiger partial charge in [-0.3, -0.25) is 0 Å². The average Bonchev–Trinajstić information content (AvgIpc) is 2.83. The van der Waals surface area contributed by atoms with E-state index in [2.05, 4.69) is 25.2 Å². The molecule has 0 radical (unpaired) electrons. The minimum absolute atomic E-state index is 0.357. The van der Waals surface area contributed by atoms with E-state index in [-0.39, 0.29) is 0 Å². The third kappa shape index (κ3) is 3.11. The van der Waals surface area contributed by atoms with Crippen molar-refractivity contribution in [2.24, 2.45) is 5.41 Å². The summed E-state index contributed by atoms with van der Waals surface area (Å²) in [7, 11) is 0. The monoisotopic (exact) mass is 242 g/mol. The quantitative estimate of drug-likeness (QED) is 0.872. The van der Waals surface area contributed by atoms with Crippen LogP contribution in [-0.2, 0) is 0 Å². The highest BCUT2D eigenvalue weighted by Crippen LogP contribution is 2.37. The third-order valence-corrected chi connectivity index (χ3v) is 4.19. The number of nitrogens with zero attached hydrogens (tertiary/aromatic N) is 1. The van der Waals surface area contributed by atoms with Gasteiger partial charge in [-0.05, 0) is 42.9 Å². The Bertz CT molecular complexity index is 421. The number of nitriles is 1. The normalized spacial score (nSPS) is 19.4. The van der Waals surface area contributed by atoms with Gasteiger partial charge in [0.25, 0.3) is 0 Å². The number of hydrogen-bond donors (Lipinski definition) is 1. The zero-order valence-corrected chi connectivity index (χ0v) is 11.4. The Morgan fingerprint density at radius 3 is 2.44 bits per heavy atom. The molecule has 1 aromatic rings. The Morgan fingerprint density at radius 1 is 1.28 bits per heavy atom. The molecule has 0 amide bonds. The van der Waals surface area contributed by atoms with Crippen LogP contribution < -0.4 is 5.32 Å². The summed E-state index contributed by atoms with van der Waals surface area (Å²) in [6.45, 7) is 5.67. The fourth-order valence-electron chi connectivity index (χ4n) is 2.77. The summed E-state index contributed by atoms with van der Waals surface area (Å²) in [5.74, 6) is 0. The Kier molecular flexibility index (Phi) is 4.04. The van der Waals surface area contributed by atoms with Crippen molar-refractivity contribution in [2.45, 2.75) is 45.6 Å². The van der Waals surface area contributed by atoms with Gasteiger partial charge in [0.15, 0.2) is 0 Å². The number of hydrogen-bond acceptors (Lipinski definition) is 2. The van der Waals surface area contributed by atoms with Crippen molar-refractivity contribution in [2.75, 3.05) is 6.54 Å². The zero-order chi connectivity index (χ0) is 13.0. The lowest BCUT2D eigenvalue weighted by molar-refractivity contribution is 0.302. The van der Waals surface area contributed by atoms with Crippen LogP contribution in [0.2, 0.25) is 0 Å². The molecule has 1 unspecified atom stereocenters. The second kappa shape index (κ2) is 5.54. The highest BCUT2D eigenvalue weighted by molar-refractivity contribution is 5.32. The number of rotatable bonds is 4. The Hall–Kier alpha value is -1.33. The van der Waals surface area contributed by atoms with Gasteiger partial charge in [-0.2, -0.15) is 5.26 Å². The molecule has 1 aliphatic rings. The Balaban J connectivity index is 1.91. The zero-order valence-electron chi connectivity index (χ0n) is 11.4. The van der Waals surface area contributed by atoms with Crippen molar-refractivity contribution in [1.29, 1.82) is 5.26 Å². The van der Waals surface area contributed by atoms with Crippen LogP contribution in [0.5, 0.6) is 0 Å². The van der Waals surface area contributed by atoms with Gasteiger partial charge >= 0.3 is 0 Å². The first-order chi connectivity index (χ1) is 8.63. The second-order valence-corrected chi connectivity index (χ2v) is 5.85. The first-order valence-electron chi connectivity index (χ1n) is 6.86. The molecule has 18 heavy (non-hydrogen) atoms. The first-order valence-corrected chi connectivity index (χ1v) is 6.86. The van der Waals surface area contributed by atoms with Crippen molar-refractivity contribution in [3.63, 3.8) is 0 Å². The predicted octanol–water partition coefficient (Wildman–Crippen LogP) is 3.79. The summed E-state index contributed by atoms with van der Waals surface area (Å²) in [5, 5.41) is 12.4. The van der Waals surface area contributed by atoms with Crippen LogP contribution in [0.3, 0.4) is 0 Å². The Labute approximate surface area is 110 Å². The van der Waals surface area contributed by atoms with Crippen LogP contribution in [-0.4, -0.2) is 6.54 Å². The van der Waals surface area contributed by atoms with Crippen molar-refractivity contribution < 1.29 is 0 Å².